The van der Waals surface area contributed by atoms with E-state index in [1.807, 2.05) is 42.1 Å². The fraction of sp³-hybridized carbons (Fsp3) is 0.250. The first-order chi connectivity index (χ1) is 7.72. The van der Waals surface area contributed by atoms with Gasteiger partial charge in [-0.1, -0.05) is 28.1 Å². The Morgan fingerprint density at radius 1 is 1.31 bits per heavy atom. The van der Waals surface area contributed by atoms with Crippen molar-refractivity contribution in [2.45, 2.75) is 6.42 Å². The number of halogens is 1. The van der Waals surface area contributed by atoms with Gasteiger partial charge in [-0.25, -0.2) is 4.98 Å². The third-order valence-corrected chi connectivity index (χ3v) is 3.08. The van der Waals surface area contributed by atoms with Gasteiger partial charge < -0.3 is 9.67 Å². The molecule has 0 aliphatic carbocycles. The summed E-state index contributed by atoms with van der Waals surface area (Å²) in [5.74, 6) is 0.927. The lowest BCUT2D eigenvalue weighted by atomic mass is 10.2. The normalized spacial score (nSPS) is 10.7. The van der Waals surface area contributed by atoms with Crippen molar-refractivity contribution in [3.8, 4) is 11.4 Å². The Hall–Kier alpha value is -1.13. The molecule has 0 saturated carbocycles. The zero-order valence-corrected chi connectivity index (χ0v) is 10.6. The highest BCUT2D eigenvalue weighted by Gasteiger charge is 2.07. The van der Waals surface area contributed by atoms with Gasteiger partial charge in [0.05, 0.1) is 0 Å². The van der Waals surface area contributed by atoms with Gasteiger partial charge in [0.25, 0.3) is 0 Å². The highest BCUT2D eigenvalue weighted by Crippen LogP contribution is 2.21. The maximum Gasteiger partial charge on any atom is 0.139 e. The Morgan fingerprint density at radius 2 is 2.00 bits per heavy atom. The van der Waals surface area contributed by atoms with Gasteiger partial charge in [-0.15, -0.1) is 0 Å². The molecule has 0 unspecified atom stereocenters. The van der Waals surface area contributed by atoms with Gasteiger partial charge in [0.1, 0.15) is 5.82 Å². The Balaban J connectivity index is 2.37. The summed E-state index contributed by atoms with van der Waals surface area (Å²) in [6, 6.07) is 8.04. The molecule has 3 nitrogen and oxygen atoms in total. The minimum Gasteiger partial charge on any atom is -0.396 e. The lowest BCUT2D eigenvalue weighted by Gasteiger charge is -2.05. The maximum atomic E-state index is 8.91. The standard InChI is InChI=1S/C12H13BrN2O/c1-15-11(6-7-16)8-14-12(15)9-2-4-10(13)5-3-9/h2-5,8,16H,6-7H2,1H3. The van der Waals surface area contributed by atoms with E-state index in [1.165, 1.54) is 0 Å². The first-order valence-electron chi connectivity index (χ1n) is 5.10. The Labute approximate surface area is 103 Å². The number of aliphatic hydroxyl groups excluding tert-OH is 1. The van der Waals surface area contributed by atoms with Crippen LogP contribution in [0.3, 0.4) is 0 Å². The SMILES string of the molecule is Cn1c(CCO)cnc1-c1ccc(Br)cc1. The monoisotopic (exact) mass is 280 g/mol. The third kappa shape index (κ3) is 2.18. The van der Waals surface area contributed by atoms with Crippen molar-refractivity contribution in [3.05, 3.63) is 40.6 Å². The average Bonchev–Trinajstić information content (AvgIpc) is 2.63. The van der Waals surface area contributed by atoms with E-state index >= 15 is 0 Å². The number of nitrogens with zero attached hydrogens (tertiary/aromatic N) is 2. The number of aliphatic hydroxyl groups is 1. The van der Waals surface area contributed by atoms with Crippen LogP contribution in [0.5, 0.6) is 0 Å². The molecular weight excluding hydrogens is 268 g/mol. The molecule has 0 aliphatic heterocycles. The molecule has 2 aromatic rings. The van der Waals surface area contributed by atoms with Gasteiger partial charge >= 0.3 is 0 Å². The molecule has 0 amide bonds. The molecule has 16 heavy (non-hydrogen) atoms. The molecular formula is C12H13BrN2O. The molecule has 84 valence electrons. The summed E-state index contributed by atoms with van der Waals surface area (Å²) in [5, 5.41) is 8.91. The van der Waals surface area contributed by atoms with E-state index in [2.05, 4.69) is 20.9 Å². The fourth-order valence-electron chi connectivity index (χ4n) is 1.66. The summed E-state index contributed by atoms with van der Waals surface area (Å²) in [7, 11) is 1.97. The predicted molar refractivity (Wildman–Crippen MR) is 67.1 cm³/mol. The zero-order valence-electron chi connectivity index (χ0n) is 9.02. The van der Waals surface area contributed by atoms with Crippen LogP contribution in [0.15, 0.2) is 34.9 Å². The van der Waals surface area contributed by atoms with Crippen LogP contribution in [0.25, 0.3) is 11.4 Å². The van der Waals surface area contributed by atoms with Crippen LogP contribution in [0.4, 0.5) is 0 Å². The van der Waals surface area contributed by atoms with Crippen molar-refractivity contribution < 1.29 is 5.11 Å². The van der Waals surface area contributed by atoms with E-state index in [4.69, 9.17) is 5.11 Å². The second-order valence-electron chi connectivity index (χ2n) is 3.61. The van der Waals surface area contributed by atoms with E-state index in [9.17, 15) is 0 Å². The molecule has 1 aromatic heterocycles. The van der Waals surface area contributed by atoms with Gasteiger partial charge in [0.2, 0.25) is 0 Å². The molecule has 1 N–H and O–H groups in total. The van der Waals surface area contributed by atoms with Gasteiger partial charge in [-0.3, -0.25) is 0 Å². The third-order valence-electron chi connectivity index (χ3n) is 2.55. The fourth-order valence-corrected chi connectivity index (χ4v) is 1.92. The molecule has 1 heterocycles. The molecule has 0 atom stereocenters. The summed E-state index contributed by atoms with van der Waals surface area (Å²) in [5.41, 5.74) is 2.12. The van der Waals surface area contributed by atoms with Crippen molar-refractivity contribution in [3.63, 3.8) is 0 Å². The highest BCUT2D eigenvalue weighted by molar-refractivity contribution is 9.10. The van der Waals surface area contributed by atoms with Gasteiger partial charge in [-0.2, -0.15) is 0 Å². The molecule has 4 heteroatoms. The molecule has 0 saturated heterocycles. The summed E-state index contributed by atoms with van der Waals surface area (Å²) in [6.45, 7) is 0.152. The summed E-state index contributed by atoms with van der Waals surface area (Å²) in [4.78, 5) is 4.37. The minimum atomic E-state index is 0.152. The highest BCUT2D eigenvalue weighted by atomic mass is 79.9. The molecule has 0 aliphatic rings. The summed E-state index contributed by atoms with van der Waals surface area (Å²) < 4.78 is 3.07. The first-order valence-corrected chi connectivity index (χ1v) is 5.89. The number of benzene rings is 1. The van der Waals surface area contributed by atoms with Crippen molar-refractivity contribution in [2.75, 3.05) is 6.61 Å². The molecule has 1 aromatic carbocycles. The van der Waals surface area contributed by atoms with Crippen LogP contribution in [0.2, 0.25) is 0 Å². The minimum absolute atomic E-state index is 0.152. The number of hydrogen-bond donors (Lipinski definition) is 1. The maximum absolute atomic E-state index is 8.91. The quantitative estimate of drug-likeness (QED) is 0.938. The Morgan fingerprint density at radius 3 is 2.62 bits per heavy atom. The number of rotatable bonds is 3. The predicted octanol–water partition coefficient (Wildman–Crippen LogP) is 2.38. The van der Waals surface area contributed by atoms with Crippen molar-refractivity contribution >= 4 is 15.9 Å². The van der Waals surface area contributed by atoms with E-state index in [0.29, 0.717) is 6.42 Å². The molecule has 0 radical (unpaired) electrons. The molecule has 2 rings (SSSR count). The first kappa shape index (κ1) is 11.4. The van der Waals surface area contributed by atoms with Gasteiger partial charge in [-0.05, 0) is 12.1 Å². The lowest BCUT2D eigenvalue weighted by molar-refractivity contribution is 0.297. The van der Waals surface area contributed by atoms with Gasteiger partial charge in [0, 0.05) is 42.0 Å². The van der Waals surface area contributed by atoms with Crippen LogP contribution in [-0.4, -0.2) is 21.3 Å². The largest absolute Gasteiger partial charge is 0.396 e. The summed E-state index contributed by atoms with van der Waals surface area (Å²) >= 11 is 3.41. The Kier molecular flexibility index (Phi) is 3.41. The topological polar surface area (TPSA) is 38.0 Å². The molecule has 0 spiro atoms. The van der Waals surface area contributed by atoms with Crippen molar-refractivity contribution in [1.82, 2.24) is 9.55 Å². The summed E-state index contributed by atoms with van der Waals surface area (Å²) in [6.07, 6.45) is 2.45. The van der Waals surface area contributed by atoms with Crippen LogP contribution < -0.4 is 0 Å². The second-order valence-corrected chi connectivity index (χ2v) is 4.53. The smallest absolute Gasteiger partial charge is 0.139 e. The zero-order chi connectivity index (χ0) is 11.5. The second kappa shape index (κ2) is 4.80. The average molecular weight is 281 g/mol. The van der Waals surface area contributed by atoms with Crippen LogP contribution in [-0.2, 0) is 13.5 Å². The van der Waals surface area contributed by atoms with E-state index in [1.54, 1.807) is 0 Å². The van der Waals surface area contributed by atoms with Crippen LogP contribution in [0, 0.1) is 0 Å². The Bertz CT molecular complexity index is 476. The molecule has 0 bridgehead atoms. The van der Waals surface area contributed by atoms with Crippen molar-refractivity contribution in [2.24, 2.45) is 7.05 Å². The van der Waals surface area contributed by atoms with E-state index in [0.717, 1.165) is 21.6 Å². The molecule has 0 fully saturated rings. The van der Waals surface area contributed by atoms with E-state index in [-0.39, 0.29) is 6.61 Å². The van der Waals surface area contributed by atoms with Crippen LogP contribution in [0.1, 0.15) is 5.69 Å². The number of aromatic nitrogens is 2. The number of imidazole rings is 1. The van der Waals surface area contributed by atoms with E-state index < -0.39 is 0 Å². The van der Waals surface area contributed by atoms with Crippen molar-refractivity contribution in [1.29, 1.82) is 0 Å². The lowest BCUT2D eigenvalue weighted by Crippen LogP contribution is -2.00. The van der Waals surface area contributed by atoms with Crippen LogP contribution >= 0.6 is 15.9 Å². The van der Waals surface area contributed by atoms with Gasteiger partial charge in [0.15, 0.2) is 0 Å². The number of hydrogen-bond acceptors (Lipinski definition) is 2.